The zero-order valence-electron chi connectivity index (χ0n) is 14.1. The van der Waals surface area contributed by atoms with Crippen molar-refractivity contribution in [1.29, 1.82) is 0 Å². The van der Waals surface area contributed by atoms with E-state index in [4.69, 9.17) is 0 Å². The first-order chi connectivity index (χ1) is 13.3. The summed E-state index contributed by atoms with van der Waals surface area (Å²) in [5.41, 5.74) is -0.517. The number of aromatic hydroxyl groups is 4. The zero-order valence-corrected chi connectivity index (χ0v) is 14.9. The molecular weight excluding hydrogens is 386 g/mol. The monoisotopic (exact) mass is 399 g/mol. The molecule has 0 unspecified atom stereocenters. The number of hydrogen-bond acceptors (Lipinski definition) is 8. The first-order valence-corrected chi connectivity index (χ1v) is 8.86. The molecule has 0 bridgehead atoms. The number of phenolic OH excluding ortho intramolecular Hbond substituents is 2. The van der Waals surface area contributed by atoms with Crippen LogP contribution in [-0.4, -0.2) is 34.6 Å². The summed E-state index contributed by atoms with van der Waals surface area (Å²) in [6, 6.07) is 6.29. The van der Waals surface area contributed by atoms with E-state index < -0.39 is 22.5 Å². The number of hydrogen-bond donors (Lipinski definition) is 4. The molecule has 142 valence electrons. The van der Waals surface area contributed by atoms with Crippen LogP contribution >= 0.6 is 11.3 Å². The molecule has 28 heavy (non-hydrogen) atoms. The van der Waals surface area contributed by atoms with Crippen molar-refractivity contribution in [3.8, 4) is 34.1 Å². The fraction of sp³-hybridized carbons (Fsp3) is 0.0556. The summed E-state index contributed by atoms with van der Waals surface area (Å²) in [5, 5.41) is 44.2. The summed E-state index contributed by atoms with van der Waals surface area (Å²) >= 11 is 1.37. The van der Waals surface area contributed by atoms with Crippen LogP contribution in [0.3, 0.4) is 0 Å². The summed E-state index contributed by atoms with van der Waals surface area (Å²) in [5.74, 6) is -2.02. The van der Waals surface area contributed by atoms with E-state index in [-0.39, 0.29) is 23.6 Å². The minimum atomic E-state index is -1.04. The fourth-order valence-electron chi connectivity index (χ4n) is 2.77. The molecule has 0 amide bonds. The summed E-state index contributed by atoms with van der Waals surface area (Å²) < 4.78 is 2.18. The standard InChI is InChI=1S/C18H13N3O6S/c22-12-2-1-9(4-13(12)23)10-3-11(28-7-10)5-20-8-19-21-6-14(24)16(25)17(26)15(21)18(20)27/h1-4,6-8,22-24,26H,5H2. The predicted molar refractivity (Wildman–Crippen MR) is 101 cm³/mol. The lowest BCUT2D eigenvalue weighted by molar-refractivity contribution is 0.404. The summed E-state index contributed by atoms with van der Waals surface area (Å²) in [4.78, 5) is 25.1. The van der Waals surface area contributed by atoms with E-state index in [9.17, 15) is 30.0 Å². The molecule has 1 aromatic carbocycles. The molecule has 0 radical (unpaired) electrons. The Labute approximate surface area is 160 Å². The van der Waals surface area contributed by atoms with Gasteiger partial charge in [0.1, 0.15) is 6.33 Å². The number of rotatable bonds is 3. The molecule has 0 spiro atoms. The number of aromatic nitrogens is 3. The van der Waals surface area contributed by atoms with Crippen molar-refractivity contribution in [1.82, 2.24) is 14.2 Å². The van der Waals surface area contributed by atoms with Crippen molar-refractivity contribution in [2.45, 2.75) is 6.54 Å². The summed E-state index contributed by atoms with van der Waals surface area (Å²) in [6.07, 6.45) is 2.20. The van der Waals surface area contributed by atoms with Crippen LogP contribution in [0.4, 0.5) is 0 Å². The zero-order chi connectivity index (χ0) is 20.0. The van der Waals surface area contributed by atoms with Crippen LogP contribution in [0.15, 0.2) is 51.8 Å². The van der Waals surface area contributed by atoms with Crippen LogP contribution in [0, 0.1) is 0 Å². The number of nitrogens with zero attached hydrogens (tertiary/aromatic N) is 3. The average Bonchev–Trinajstić information content (AvgIpc) is 3.13. The second-order valence-corrected chi connectivity index (χ2v) is 7.05. The van der Waals surface area contributed by atoms with Gasteiger partial charge in [-0.1, -0.05) is 6.07 Å². The van der Waals surface area contributed by atoms with Crippen molar-refractivity contribution >= 4 is 16.9 Å². The molecule has 4 rings (SSSR count). The Morgan fingerprint density at radius 2 is 1.75 bits per heavy atom. The van der Waals surface area contributed by atoms with Gasteiger partial charge in [-0.3, -0.25) is 14.2 Å². The van der Waals surface area contributed by atoms with Gasteiger partial charge in [0.25, 0.3) is 11.0 Å². The second-order valence-electron chi connectivity index (χ2n) is 6.05. The molecule has 3 aromatic heterocycles. The van der Waals surface area contributed by atoms with Crippen molar-refractivity contribution in [2.24, 2.45) is 0 Å². The van der Waals surface area contributed by atoms with E-state index in [0.29, 0.717) is 5.56 Å². The van der Waals surface area contributed by atoms with Gasteiger partial charge in [0.2, 0.25) is 0 Å². The van der Waals surface area contributed by atoms with E-state index in [1.165, 1.54) is 34.4 Å². The largest absolute Gasteiger partial charge is 0.504 e. The molecule has 0 saturated carbocycles. The third-order valence-corrected chi connectivity index (χ3v) is 5.13. The van der Waals surface area contributed by atoms with Gasteiger partial charge in [-0.05, 0) is 34.7 Å². The molecule has 0 aliphatic carbocycles. The first kappa shape index (κ1) is 17.6. The van der Waals surface area contributed by atoms with Gasteiger partial charge in [-0.25, -0.2) is 4.52 Å². The molecule has 9 nitrogen and oxygen atoms in total. The Morgan fingerprint density at radius 1 is 0.964 bits per heavy atom. The SMILES string of the molecule is O=c1c(O)cn2ncn(Cc3cc(-c4ccc(O)c(O)c4)cs3)c(=O)c2c1O. The Kier molecular flexibility index (Phi) is 4.04. The number of fused-ring (bicyclic) bond motifs is 1. The minimum absolute atomic E-state index is 0.144. The maximum absolute atomic E-state index is 12.6. The predicted octanol–water partition coefficient (Wildman–Crippen LogP) is 1.46. The number of thiophene rings is 1. The van der Waals surface area contributed by atoms with Gasteiger partial charge in [0, 0.05) is 4.88 Å². The average molecular weight is 399 g/mol. The molecule has 4 N–H and O–H groups in total. The van der Waals surface area contributed by atoms with Crippen molar-refractivity contribution < 1.29 is 20.4 Å². The molecule has 3 heterocycles. The Balaban J connectivity index is 1.72. The van der Waals surface area contributed by atoms with Gasteiger partial charge in [0.15, 0.2) is 28.5 Å². The highest BCUT2D eigenvalue weighted by atomic mass is 32.1. The third kappa shape index (κ3) is 2.85. The number of benzene rings is 1. The lowest BCUT2D eigenvalue weighted by Crippen LogP contribution is -2.25. The fourth-order valence-corrected chi connectivity index (χ4v) is 3.66. The Bertz CT molecular complexity index is 1340. The summed E-state index contributed by atoms with van der Waals surface area (Å²) in [6.45, 7) is 0.144. The first-order valence-electron chi connectivity index (χ1n) is 7.98. The highest BCUT2D eigenvalue weighted by Crippen LogP contribution is 2.32. The van der Waals surface area contributed by atoms with E-state index in [1.54, 1.807) is 6.07 Å². The molecule has 4 aromatic rings. The smallest absolute Gasteiger partial charge is 0.282 e. The van der Waals surface area contributed by atoms with Crippen LogP contribution in [0.25, 0.3) is 16.6 Å². The Morgan fingerprint density at radius 3 is 2.50 bits per heavy atom. The quantitative estimate of drug-likeness (QED) is 0.383. The normalized spacial score (nSPS) is 11.1. The van der Waals surface area contributed by atoms with Crippen LogP contribution in [-0.2, 0) is 6.54 Å². The third-order valence-electron chi connectivity index (χ3n) is 4.21. The van der Waals surface area contributed by atoms with E-state index in [1.807, 2.05) is 11.4 Å². The summed E-state index contributed by atoms with van der Waals surface area (Å²) in [7, 11) is 0. The van der Waals surface area contributed by atoms with E-state index >= 15 is 0 Å². The van der Waals surface area contributed by atoms with Crippen LogP contribution < -0.4 is 11.0 Å². The van der Waals surface area contributed by atoms with E-state index in [2.05, 4.69) is 5.10 Å². The molecule has 0 saturated heterocycles. The van der Waals surface area contributed by atoms with Gasteiger partial charge in [0.05, 0.1) is 12.7 Å². The highest BCUT2D eigenvalue weighted by Gasteiger charge is 2.15. The highest BCUT2D eigenvalue weighted by molar-refractivity contribution is 7.10. The Hall–Kier alpha value is -3.79. The maximum atomic E-state index is 12.6. The number of phenols is 2. The van der Waals surface area contributed by atoms with Crippen LogP contribution in [0.5, 0.6) is 23.0 Å². The molecule has 0 fully saturated rings. The van der Waals surface area contributed by atoms with Gasteiger partial charge < -0.3 is 20.4 Å². The van der Waals surface area contributed by atoms with Crippen LogP contribution in [0.1, 0.15) is 4.88 Å². The van der Waals surface area contributed by atoms with Crippen LogP contribution in [0.2, 0.25) is 0 Å². The molecular formula is C18H13N3O6S. The lowest BCUT2D eigenvalue weighted by atomic mass is 10.1. The lowest BCUT2D eigenvalue weighted by Gasteiger charge is -2.07. The molecule has 0 atom stereocenters. The number of pyridine rings is 1. The maximum Gasteiger partial charge on any atom is 0.282 e. The van der Waals surface area contributed by atoms with Crippen molar-refractivity contribution in [3.63, 3.8) is 0 Å². The molecule has 0 aliphatic rings. The van der Waals surface area contributed by atoms with Gasteiger partial charge in [-0.2, -0.15) is 5.10 Å². The van der Waals surface area contributed by atoms with Crippen molar-refractivity contribution in [3.05, 3.63) is 67.6 Å². The molecule has 10 heteroatoms. The topological polar surface area (TPSA) is 137 Å². The molecule has 0 aliphatic heterocycles. The second kappa shape index (κ2) is 6.43. The van der Waals surface area contributed by atoms with Crippen molar-refractivity contribution in [2.75, 3.05) is 0 Å². The van der Waals surface area contributed by atoms with Gasteiger partial charge >= 0.3 is 0 Å². The van der Waals surface area contributed by atoms with E-state index in [0.717, 1.165) is 21.2 Å². The minimum Gasteiger partial charge on any atom is -0.504 e. The van der Waals surface area contributed by atoms with Gasteiger partial charge in [-0.15, -0.1) is 11.3 Å².